The summed E-state index contributed by atoms with van der Waals surface area (Å²) in [6.45, 7) is 3.82. The van der Waals surface area contributed by atoms with Crippen molar-refractivity contribution < 1.29 is 9.53 Å². The van der Waals surface area contributed by atoms with Gasteiger partial charge in [0.1, 0.15) is 0 Å². The Labute approximate surface area is 246 Å². The van der Waals surface area contributed by atoms with E-state index in [9.17, 15) is 4.79 Å². The number of rotatable bonds is 23. The van der Waals surface area contributed by atoms with E-state index in [0.29, 0.717) is 13.0 Å². The molecule has 0 aliphatic carbocycles. The number of hydrogen-bond acceptors (Lipinski definition) is 3. The lowest BCUT2D eigenvalue weighted by Crippen LogP contribution is -2.17. The van der Waals surface area contributed by atoms with E-state index in [2.05, 4.69) is 68.4 Å². The van der Waals surface area contributed by atoms with Crippen LogP contribution in [0.4, 0.5) is 0 Å². The molecule has 1 unspecified atom stereocenters. The van der Waals surface area contributed by atoms with Gasteiger partial charge in [0, 0.05) is 12.3 Å². The summed E-state index contributed by atoms with van der Waals surface area (Å²) in [4.78, 5) is 14.8. The molecule has 0 aromatic heterocycles. The third kappa shape index (κ3) is 16.3. The molecular formula is C35H58ClNO2. The van der Waals surface area contributed by atoms with Gasteiger partial charge in [0.15, 0.2) is 0 Å². The van der Waals surface area contributed by atoms with Crippen molar-refractivity contribution in [2.75, 3.05) is 27.2 Å². The van der Waals surface area contributed by atoms with Gasteiger partial charge in [0.05, 0.1) is 6.61 Å². The zero-order valence-corrected chi connectivity index (χ0v) is 26.2. The maximum atomic E-state index is 12.5. The fourth-order valence-corrected chi connectivity index (χ4v) is 5.50. The van der Waals surface area contributed by atoms with Gasteiger partial charge in [-0.3, -0.25) is 4.79 Å². The van der Waals surface area contributed by atoms with Crippen molar-refractivity contribution >= 4 is 29.1 Å². The molecule has 0 fully saturated rings. The number of ether oxygens (including phenoxy) is 1. The number of benzene rings is 2. The molecule has 4 heteroatoms. The van der Waals surface area contributed by atoms with Crippen LogP contribution in [0.1, 0.15) is 134 Å². The minimum absolute atomic E-state index is 0. The van der Waals surface area contributed by atoms with E-state index >= 15 is 0 Å². The fraction of sp³-hybridized carbons (Fsp3) is 0.686. The third-order valence-electron chi connectivity index (χ3n) is 7.85. The highest BCUT2D eigenvalue weighted by atomic mass is 35.5. The minimum atomic E-state index is -0.0301. The maximum Gasteiger partial charge on any atom is 0.305 e. The molecule has 2 rings (SSSR count). The van der Waals surface area contributed by atoms with E-state index in [4.69, 9.17) is 4.74 Å². The molecule has 0 radical (unpaired) electrons. The molecule has 0 saturated heterocycles. The Hall–Kier alpha value is -1.58. The van der Waals surface area contributed by atoms with Crippen LogP contribution in [0.2, 0.25) is 0 Å². The summed E-state index contributed by atoms with van der Waals surface area (Å²) in [5, 5.41) is 2.54. The molecule has 0 spiro atoms. The molecule has 2 aromatic rings. The Morgan fingerprint density at radius 2 is 1.26 bits per heavy atom. The van der Waals surface area contributed by atoms with Crippen molar-refractivity contribution in [2.24, 2.45) is 0 Å². The summed E-state index contributed by atoms with van der Waals surface area (Å²) in [6, 6.07) is 15.1. The monoisotopic (exact) mass is 559 g/mol. The van der Waals surface area contributed by atoms with Gasteiger partial charge in [-0.1, -0.05) is 139 Å². The molecule has 0 saturated carbocycles. The number of nitrogens with zero attached hydrogens (tertiary/aromatic N) is 1. The standard InChI is InChI=1S/C35H57NO2.ClH/c1-4-5-6-7-8-9-10-11-12-13-14-15-16-17-18-28-35(37)38-30-32(25-22-29-36(2)3)34-27-21-24-31-23-19-20-26-33(31)34;/h19-21,23-24,26-27,32H,4-18,22,25,28-30H2,1-3H3;1H. The first-order valence-corrected chi connectivity index (χ1v) is 15.9. The number of hydrogen-bond donors (Lipinski definition) is 0. The smallest absolute Gasteiger partial charge is 0.305 e. The van der Waals surface area contributed by atoms with Crippen molar-refractivity contribution in [3.63, 3.8) is 0 Å². The Balaban J connectivity index is 0.00000760. The van der Waals surface area contributed by atoms with Crippen molar-refractivity contribution in [3.8, 4) is 0 Å². The average Bonchev–Trinajstić information content (AvgIpc) is 2.92. The summed E-state index contributed by atoms with van der Waals surface area (Å²) >= 11 is 0. The fourth-order valence-electron chi connectivity index (χ4n) is 5.50. The lowest BCUT2D eigenvalue weighted by atomic mass is 9.90. The minimum Gasteiger partial charge on any atom is -0.465 e. The molecule has 0 aliphatic heterocycles. The first-order chi connectivity index (χ1) is 18.6. The molecule has 0 bridgehead atoms. The molecule has 0 amide bonds. The van der Waals surface area contributed by atoms with Gasteiger partial charge >= 0.3 is 5.97 Å². The second-order valence-electron chi connectivity index (χ2n) is 11.6. The number of carbonyl (C=O) groups is 1. The van der Waals surface area contributed by atoms with Gasteiger partial charge in [-0.05, 0) is 56.2 Å². The molecule has 1 atom stereocenters. The Bertz CT molecular complexity index is 863. The molecule has 3 nitrogen and oxygen atoms in total. The van der Waals surface area contributed by atoms with Crippen LogP contribution in [0.3, 0.4) is 0 Å². The topological polar surface area (TPSA) is 29.5 Å². The summed E-state index contributed by atoms with van der Waals surface area (Å²) in [5.41, 5.74) is 1.31. The highest BCUT2D eigenvalue weighted by Crippen LogP contribution is 2.29. The molecule has 2 aromatic carbocycles. The first-order valence-electron chi connectivity index (χ1n) is 15.9. The Morgan fingerprint density at radius 1 is 0.718 bits per heavy atom. The van der Waals surface area contributed by atoms with Gasteiger partial charge in [0.2, 0.25) is 0 Å². The number of esters is 1. The second-order valence-corrected chi connectivity index (χ2v) is 11.6. The van der Waals surface area contributed by atoms with Gasteiger partial charge in [-0.2, -0.15) is 0 Å². The van der Waals surface area contributed by atoms with Gasteiger partial charge < -0.3 is 9.64 Å². The van der Waals surface area contributed by atoms with Gasteiger partial charge in [-0.15, -0.1) is 12.4 Å². The SMILES string of the molecule is CCCCCCCCCCCCCCCCCC(=O)OCC(CCCN(C)C)c1cccc2ccccc12.Cl. The van der Waals surface area contributed by atoms with Gasteiger partial charge in [0.25, 0.3) is 0 Å². The number of halogens is 1. The predicted molar refractivity (Wildman–Crippen MR) is 172 cm³/mol. The molecule has 0 aliphatic rings. The summed E-state index contributed by atoms with van der Waals surface area (Å²) in [7, 11) is 4.23. The normalized spacial score (nSPS) is 12.0. The van der Waals surface area contributed by atoms with Gasteiger partial charge in [-0.25, -0.2) is 0 Å². The highest BCUT2D eigenvalue weighted by Gasteiger charge is 2.17. The van der Waals surface area contributed by atoms with E-state index in [1.807, 2.05) is 0 Å². The average molecular weight is 560 g/mol. The molecule has 39 heavy (non-hydrogen) atoms. The van der Waals surface area contributed by atoms with E-state index in [-0.39, 0.29) is 24.3 Å². The van der Waals surface area contributed by atoms with Crippen molar-refractivity contribution in [1.29, 1.82) is 0 Å². The highest BCUT2D eigenvalue weighted by molar-refractivity contribution is 5.86. The van der Waals surface area contributed by atoms with Crippen LogP contribution in [0.5, 0.6) is 0 Å². The van der Waals surface area contributed by atoms with Crippen LogP contribution < -0.4 is 0 Å². The summed E-state index contributed by atoms with van der Waals surface area (Å²) < 4.78 is 5.83. The number of unbranched alkanes of at least 4 members (excludes halogenated alkanes) is 14. The first kappa shape index (κ1) is 35.4. The predicted octanol–water partition coefficient (Wildman–Crippen LogP) is 10.5. The Morgan fingerprint density at radius 3 is 1.85 bits per heavy atom. The van der Waals surface area contributed by atoms with E-state index in [1.54, 1.807) is 0 Å². The van der Waals surface area contributed by atoms with Crippen LogP contribution in [-0.4, -0.2) is 38.1 Å². The molecule has 222 valence electrons. The van der Waals surface area contributed by atoms with Crippen molar-refractivity contribution in [1.82, 2.24) is 4.90 Å². The maximum absolute atomic E-state index is 12.5. The van der Waals surface area contributed by atoms with Crippen molar-refractivity contribution in [3.05, 3.63) is 48.0 Å². The van der Waals surface area contributed by atoms with Crippen molar-refractivity contribution in [2.45, 2.75) is 128 Å². The summed E-state index contributed by atoms with van der Waals surface area (Å²) in [5.74, 6) is 0.212. The van der Waals surface area contributed by atoms with Crippen LogP contribution >= 0.6 is 12.4 Å². The van der Waals surface area contributed by atoms with E-state index in [1.165, 1.54) is 99.8 Å². The van der Waals surface area contributed by atoms with E-state index < -0.39 is 0 Å². The third-order valence-corrected chi connectivity index (χ3v) is 7.85. The van der Waals surface area contributed by atoms with E-state index in [0.717, 1.165) is 32.2 Å². The molecule has 0 heterocycles. The largest absolute Gasteiger partial charge is 0.465 e. The number of carbonyl (C=O) groups excluding carboxylic acids is 1. The second kappa shape index (κ2) is 23.2. The van der Waals surface area contributed by atoms with Crippen LogP contribution in [0.25, 0.3) is 10.8 Å². The lowest BCUT2D eigenvalue weighted by Gasteiger charge is -2.20. The van der Waals surface area contributed by atoms with Crippen LogP contribution in [-0.2, 0) is 9.53 Å². The summed E-state index contributed by atoms with van der Waals surface area (Å²) in [6.07, 6.45) is 22.7. The van der Waals surface area contributed by atoms with Crippen LogP contribution in [0, 0.1) is 0 Å². The molecule has 0 N–H and O–H groups in total. The number of fused-ring (bicyclic) bond motifs is 1. The lowest BCUT2D eigenvalue weighted by molar-refractivity contribution is -0.144. The van der Waals surface area contributed by atoms with Crippen LogP contribution in [0.15, 0.2) is 42.5 Å². The zero-order valence-electron chi connectivity index (χ0n) is 25.4. The quantitative estimate of drug-likeness (QED) is 0.100. The zero-order chi connectivity index (χ0) is 27.3. The Kier molecular flexibility index (Phi) is 21.0. The molecular weight excluding hydrogens is 502 g/mol.